The number of hydrogen-bond donors (Lipinski definition) is 0. The highest BCUT2D eigenvalue weighted by atomic mass is 32.1. The summed E-state index contributed by atoms with van der Waals surface area (Å²) in [6, 6.07) is 7.87. The van der Waals surface area contributed by atoms with Crippen LogP contribution in [0.5, 0.6) is 10.9 Å². The number of ether oxygens (including phenoxy) is 1. The number of nitrogens with zero attached hydrogens (tertiary/aromatic N) is 2. The molecule has 0 atom stereocenters. The van der Waals surface area contributed by atoms with Crippen molar-refractivity contribution in [2.45, 2.75) is 13.3 Å². The van der Waals surface area contributed by atoms with E-state index in [9.17, 15) is 0 Å². The summed E-state index contributed by atoms with van der Waals surface area (Å²) in [7, 11) is 0. The van der Waals surface area contributed by atoms with E-state index in [0.29, 0.717) is 5.19 Å². The van der Waals surface area contributed by atoms with E-state index in [1.54, 1.807) is 0 Å². The van der Waals surface area contributed by atoms with Crippen LogP contribution in [0, 0.1) is 6.92 Å². The maximum absolute atomic E-state index is 5.68. The molecule has 0 aliphatic rings. The first-order chi connectivity index (χ1) is 7.79. The number of para-hydroxylation sites is 1. The fourth-order valence-electron chi connectivity index (χ4n) is 1.34. The van der Waals surface area contributed by atoms with E-state index in [2.05, 4.69) is 15.9 Å². The molecule has 0 fully saturated rings. The van der Waals surface area contributed by atoms with Crippen LogP contribution in [0.4, 0.5) is 0 Å². The topological polar surface area (TPSA) is 35.0 Å². The van der Waals surface area contributed by atoms with Gasteiger partial charge in [0.05, 0.1) is 0 Å². The van der Waals surface area contributed by atoms with Crippen LogP contribution in [0.2, 0.25) is 0 Å². The minimum Gasteiger partial charge on any atom is -0.430 e. The second-order valence-corrected chi connectivity index (χ2v) is 4.02. The minimum absolute atomic E-state index is 0.578. The average Bonchev–Trinajstić information content (AvgIpc) is 2.67. The second kappa shape index (κ2) is 4.90. The molecule has 2 aromatic rings. The molecule has 0 amide bonds. The van der Waals surface area contributed by atoms with Gasteiger partial charge in [0.2, 0.25) is 0 Å². The lowest BCUT2D eigenvalue weighted by Gasteiger charge is -2.06. The monoisotopic (exact) mass is 232 g/mol. The maximum atomic E-state index is 5.68. The quantitative estimate of drug-likeness (QED) is 0.758. The van der Waals surface area contributed by atoms with Crippen LogP contribution in [0.3, 0.4) is 0 Å². The number of aryl methyl sites for hydroxylation is 1. The molecule has 82 valence electrons. The molecule has 0 bridgehead atoms. The predicted octanol–water partition coefficient (Wildman–Crippen LogP) is 3.37. The van der Waals surface area contributed by atoms with Crippen molar-refractivity contribution < 1.29 is 4.74 Å². The van der Waals surface area contributed by atoms with Gasteiger partial charge in [0, 0.05) is 11.5 Å². The van der Waals surface area contributed by atoms with Crippen LogP contribution in [0.15, 0.2) is 36.9 Å². The van der Waals surface area contributed by atoms with Crippen molar-refractivity contribution in [1.82, 2.24) is 9.36 Å². The van der Waals surface area contributed by atoms with Crippen molar-refractivity contribution in [3.63, 3.8) is 0 Å². The van der Waals surface area contributed by atoms with Crippen molar-refractivity contribution in [1.29, 1.82) is 0 Å². The molecule has 16 heavy (non-hydrogen) atoms. The third-order valence-corrected chi connectivity index (χ3v) is 2.73. The first-order valence-corrected chi connectivity index (χ1v) is 5.74. The Bertz CT molecular complexity index is 493. The molecule has 0 saturated carbocycles. The van der Waals surface area contributed by atoms with Gasteiger partial charge in [0.1, 0.15) is 11.6 Å². The Labute approximate surface area is 98.6 Å². The second-order valence-electron chi connectivity index (χ2n) is 3.31. The largest absolute Gasteiger partial charge is 0.430 e. The first-order valence-electron chi connectivity index (χ1n) is 4.96. The molecule has 1 heterocycles. The molecule has 4 heteroatoms. The van der Waals surface area contributed by atoms with E-state index < -0.39 is 0 Å². The number of allylic oxidation sites excluding steroid dienone is 1. The lowest BCUT2D eigenvalue weighted by molar-refractivity contribution is 0.473. The van der Waals surface area contributed by atoms with E-state index in [-0.39, 0.29) is 0 Å². The Morgan fingerprint density at radius 1 is 1.44 bits per heavy atom. The van der Waals surface area contributed by atoms with Gasteiger partial charge in [0.25, 0.3) is 5.19 Å². The van der Waals surface area contributed by atoms with E-state index in [4.69, 9.17) is 4.74 Å². The van der Waals surface area contributed by atoms with Gasteiger partial charge < -0.3 is 4.74 Å². The lowest BCUT2D eigenvalue weighted by atomic mass is 10.1. The number of benzene rings is 1. The molecule has 1 aromatic carbocycles. The van der Waals surface area contributed by atoms with Crippen molar-refractivity contribution in [2.75, 3.05) is 0 Å². The molecule has 0 spiro atoms. The molecule has 0 aliphatic heterocycles. The van der Waals surface area contributed by atoms with Gasteiger partial charge in [-0.3, -0.25) is 0 Å². The van der Waals surface area contributed by atoms with Gasteiger partial charge in [-0.1, -0.05) is 24.3 Å². The van der Waals surface area contributed by atoms with Crippen LogP contribution in [0.25, 0.3) is 0 Å². The lowest BCUT2D eigenvalue weighted by Crippen LogP contribution is -1.89. The van der Waals surface area contributed by atoms with E-state index in [0.717, 1.165) is 23.6 Å². The third-order valence-electron chi connectivity index (χ3n) is 2.04. The summed E-state index contributed by atoms with van der Waals surface area (Å²) in [5.74, 6) is 1.56. The van der Waals surface area contributed by atoms with E-state index in [1.807, 2.05) is 37.3 Å². The molecule has 3 nitrogen and oxygen atoms in total. The van der Waals surface area contributed by atoms with Gasteiger partial charge in [-0.15, -0.1) is 6.58 Å². The van der Waals surface area contributed by atoms with Crippen molar-refractivity contribution in [2.24, 2.45) is 0 Å². The fourth-order valence-corrected chi connectivity index (χ4v) is 1.89. The molecular formula is C12H12N2OS. The van der Waals surface area contributed by atoms with Gasteiger partial charge in [-0.2, -0.15) is 9.36 Å². The van der Waals surface area contributed by atoms with Crippen molar-refractivity contribution in [3.8, 4) is 10.9 Å². The van der Waals surface area contributed by atoms with Crippen LogP contribution in [0.1, 0.15) is 11.4 Å². The van der Waals surface area contributed by atoms with Gasteiger partial charge in [-0.25, -0.2) is 0 Å². The summed E-state index contributed by atoms with van der Waals surface area (Å²) in [4.78, 5) is 4.17. The van der Waals surface area contributed by atoms with Gasteiger partial charge in [0.15, 0.2) is 0 Å². The molecule has 0 aliphatic carbocycles. The van der Waals surface area contributed by atoms with Crippen molar-refractivity contribution in [3.05, 3.63) is 48.3 Å². The highest BCUT2D eigenvalue weighted by Gasteiger charge is 2.06. The smallest absolute Gasteiger partial charge is 0.298 e. The highest BCUT2D eigenvalue weighted by Crippen LogP contribution is 2.26. The standard InChI is InChI=1S/C12H12N2OS/c1-3-6-10-7-4-5-8-11(10)15-12-13-9(2)14-16-12/h3-5,7-8H,1,6H2,2H3. The zero-order valence-corrected chi connectivity index (χ0v) is 9.83. The third kappa shape index (κ3) is 2.46. The molecule has 0 unspecified atom stereocenters. The Balaban J connectivity index is 2.23. The predicted molar refractivity (Wildman–Crippen MR) is 65.1 cm³/mol. The molecule has 0 N–H and O–H groups in total. The summed E-state index contributed by atoms with van der Waals surface area (Å²) in [5, 5.41) is 0.578. The summed E-state index contributed by atoms with van der Waals surface area (Å²) in [6.07, 6.45) is 2.64. The number of hydrogen-bond acceptors (Lipinski definition) is 4. The zero-order chi connectivity index (χ0) is 11.4. The Morgan fingerprint density at radius 3 is 2.94 bits per heavy atom. The Hall–Kier alpha value is -1.68. The normalized spacial score (nSPS) is 10.1. The molecule has 0 saturated heterocycles. The summed E-state index contributed by atoms with van der Waals surface area (Å²) >= 11 is 1.26. The average molecular weight is 232 g/mol. The zero-order valence-electron chi connectivity index (χ0n) is 9.01. The summed E-state index contributed by atoms with van der Waals surface area (Å²) in [6.45, 7) is 5.57. The van der Waals surface area contributed by atoms with E-state index in [1.165, 1.54) is 11.5 Å². The molecule has 2 rings (SSSR count). The summed E-state index contributed by atoms with van der Waals surface area (Å²) in [5.41, 5.74) is 1.10. The first kappa shape index (κ1) is 10.8. The minimum atomic E-state index is 0.578. The van der Waals surface area contributed by atoms with Crippen molar-refractivity contribution >= 4 is 11.5 Å². The van der Waals surface area contributed by atoms with Crippen LogP contribution in [-0.2, 0) is 6.42 Å². The van der Waals surface area contributed by atoms with Crippen LogP contribution in [-0.4, -0.2) is 9.36 Å². The molecule has 1 aromatic heterocycles. The molecule has 0 radical (unpaired) electrons. The molecular weight excluding hydrogens is 220 g/mol. The van der Waals surface area contributed by atoms with Crippen LogP contribution >= 0.6 is 11.5 Å². The fraction of sp³-hybridized carbons (Fsp3) is 0.167. The Morgan fingerprint density at radius 2 is 2.25 bits per heavy atom. The maximum Gasteiger partial charge on any atom is 0.298 e. The van der Waals surface area contributed by atoms with Gasteiger partial charge in [-0.05, 0) is 25.0 Å². The van der Waals surface area contributed by atoms with E-state index >= 15 is 0 Å². The highest BCUT2D eigenvalue weighted by molar-refractivity contribution is 7.07. The number of rotatable bonds is 4. The number of aromatic nitrogens is 2. The summed E-state index contributed by atoms with van der Waals surface area (Å²) < 4.78 is 9.75. The SMILES string of the molecule is C=CCc1ccccc1Oc1nc(C)ns1. The van der Waals surface area contributed by atoms with Crippen LogP contribution < -0.4 is 4.74 Å². The Kier molecular flexibility index (Phi) is 3.31. The van der Waals surface area contributed by atoms with Gasteiger partial charge >= 0.3 is 0 Å².